The molecule has 28 heavy (non-hydrogen) atoms. The minimum absolute atomic E-state index is 0.658. The quantitative estimate of drug-likeness (QED) is 0.489. The maximum atomic E-state index is 9.33. The van der Waals surface area contributed by atoms with Gasteiger partial charge in [-0.15, -0.1) is 10.2 Å². The smallest absolute Gasteiger partial charge is 0.169 e. The highest BCUT2D eigenvalue weighted by molar-refractivity contribution is 5.70. The fraction of sp³-hybridized carbons (Fsp3) is 0.125. The van der Waals surface area contributed by atoms with Crippen LogP contribution in [-0.2, 0) is 0 Å². The van der Waals surface area contributed by atoms with Gasteiger partial charge in [0, 0.05) is 11.1 Å². The molecule has 4 aromatic rings. The summed E-state index contributed by atoms with van der Waals surface area (Å²) < 4.78 is 2.11. The van der Waals surface area contributed by atoms with Crippen LogP contribution in [0, 0.1) is 32.1 Å². The van der Waals surface area contributed by atoms with Gasteiger partial charge in [0.05, 0.1) is 17.3 Å². The van der Waals surface area contributed by atoms with E-state index in [2.05, 4.69) is 39.9 Å². The summed E-state index contributed by atoms with van der Waals surface area (Å²) >= 11 is 0. The number of hydrogen-bond donors (Lipinski definition) is 0. The Morgan fingerprint density at radius 2 is 1.36 bits per heavy atom. The van der Waals surface area contributed by atoms with Gasteiger partial charge in [0.15, 0.2) is 11.6 Å². The molecule has 0 atom stereocenters. The van der Waals surface area contributed by atoms with E-state index < -0.39 is 0 Å². The van der Waals surface area contributed by atoms with Crippen LogP contribution in [0.25, 0.3) is 28.5 Å². The Balaban J connectivity index is 2.07. The molecule has 0 bridgehead atoms. The van der Waals surface area contributed by atoms with E-state index in [1.165, 1.54) is 0 Å². The van der Waals surface area contributed by atoms with Crippen molar-refractivity contribution in [3.05, 3.63) is 89.0 Å². The molecule has 0 aliphatic heterocycles. The minimum Gasteiger partial charge on any atom is -0.274 e. The van der Waals surface area contributed by atoms with Crippen molar-refractivity contribution in [2.45, 2.75) is 20.8 Å². The van der Waals surface area contributed by atoms with Crippen LogP contribution >= 0.6 is 0 Å². The molecule has 136 valence electrons. The molecular formula is C24H20N4. The predicted octanol–water partition coefficient (Wildman–Crippen LogP) is 5.40. The van der Waals surface area contributed by atoms with Crippen molar-refractivity contribution < 1.29 is 0 Å². The number of aryl methyl sites for hydroxylation is 3. The van der Waals surface area contributed by atoms with Gasteiger partial charge in [-0.25, -0.2) is 0 Å². The molecule has 0 amide bonds. The molecule has 0 aliphatic rings. The summed E-state index contributed by atoms with van der Waals surface area (Å²) in [4.78, 5) is 0. The second-order valence-corrected chi connectivity index (χ2v) is 6.93. The molecule has 0 saturated carbocycles. The first-order valence-electron chi connectivity index (χ1n) is 9.18. The first-order valence-corrected chi connectivity index (χ1v) is 9.18. The number of aromatic nitrogens is 3. The van der Waals surface area contributed by atoms with E-state index in [0.717, 1.165) is 45.2 Å². The molecule has 0 spiro atoms. The maximum absolute atomic E-state index is 9.33. The van der Waals surface area contributed by atoms with E-state index in [1.54, 1.807) is 0 Å². The lowest BCUT2D eigenvalue weighted by Crippen LogP contribution is -2.06. The highest BCUT2D eigenvalue weighted by atomic mass is 15.3. The third-order valence-electron chi connectivity index (χ3n) is 4.92. The Labute approximate surface area is 164 Å². The molecule has 3 aromatic carbocycles. The van der Waals surface area contributed by atoms with Gasteiger partial charge in [-0.05, 0) is 49.6 Å². The third kappa shape index (κ3) is 2.97. The number of hydrogen-bond acceptors (Lipinski definition) is 3. The molecule has 0 N–H and O–H groups in total. The monoisotopic (exact) mass is 364 g/mol. The second kappa shape index (κ2) is 7.13. The molecule has 4 rings (SSSR count). The largest absolute Gasteiger partial charge is 0.274 e. The van der Waals surface area contributed by atoms with E-state index in [4.69, 9.17) is 0 Å². The van der Waals surface area contributed by atoms with Crippen molar-refractivity contribution in [3.63, 3.8) is 0 Å². The van der Waals surface area contributed by atoms with Crippen molar-refractivity contribution in [3.8, 4) is 34.5 Å². The Morgan fingerprint density at radius 1 is 0.750 bits per heavy atom. The lowest BCUT2D eigenvalue weighted by atomic mass is 10.0. The Bertz CT molecular complexity index is 1170. The van der Waals surface area contributed by atoms with Gasteiger partial charge in [0.2, 0.25) is 0 Å². The van der Waals surface area contributed by atoms with Gasteiger partial charge in [0.25, 0.3) is 0 Å². The summed E-state index contributed by atoms with van der Waals surface area (Å²) in [5.74, 6) is 1.59. The number of nitrogens with zero attached hydrogens (tertiary/aromatic N) is 4. The summed E-state index contributed by atoms with van der Waals surface area (Å²) in [5, 5.41) is 18.5. The van der Waals surface area contributed by atoms with E-state index in [-0.39, 0.29) is 0 Å². The second-order valence-electron chi connectivity index (χ2n) is 6.93. The zero-order valence-electron chi connectivity index (χ0n) is 16.1. The topological polar surface area (TPSA) is 54.5 Å². The van der Waals surface area contributed by atoms with Crippen LogP contribution in [0.15, 0.2) is 66.7 Å². The summed E-state index contributed by atoms with van der Waals surface area (Å²) in [7, 11) is 0. The standard InChI is InChI=1S/C24H20N4/c1-16-9-7-8-12-21(16)24-27-26-23(20-10-5-4-6-11-20)28(24)22-17(2)13-19(15-25)14-18(22)3/h4-14H,1-3H3. The van der Waals surface area contributed by atoms with Gasteiger partial charge in [-0.3, -0.25) is 4.57 Å². The van der Waals surface area contributed by atoms with Crippen LogP contribution in [0.2, 0.25) is 0 Å². The lowest BCUT2D eigenvalue weighted by molar-refractivity contribution is 1.03. The number of rotatable bonds is 3. The molecule has 4 heteroatoms. The third-order valence-corrected chi connectivity index (χ3v) is 4.92. The van der Waals surface area contributed by atoms with E-state index in [0.29, 0.717) is 5.56 Å². The average Bonchev–Trinajstić information content (AvgIpc) is 3.12. The average molecular weight is 364 g/mol. The molecule has 0 fully saturated rings. The van der Waals surface area contributed by atoms with Crippen LogP contribution in [0.3, 0.4) is 0 Å². The van der Waals surface area contributed by atoms with Crippen molar-refractivity contribution in [1.29, 1.82) is 5.26 Å². The van der Waals surface area contributed by atoms with Crippen LogP contribution < -0.4 is 0 Å². The first kappa shape index (κ1) is 17.7. The maximum Gasteiger partial charge on any atom is 0.169 e. The van der Waals surface area contributed by atoms with E-state index in [1.807, 2.05) is 68.4 Å². The van der Waals surface area contributed by atoms with Crippen LogP contribution in [0.5, 0.6) is 0 Å². The molecule has 0 saturated heterocycles. The van der Waals surface area contributed by atoms with Crippen molar-refractivity contribution in [2.24, 2.45) is 0 Å². The van der Waals surface area contributed by atoms with Crippen LogP contribution in [-0.4, -0.2) is 14.8 Å². The molecule has 4 nitrogen and oxygen atoms in total. The van der Waals surface area contributed by atoms with E-state index in [9.17, 15) is 5.26 Å². The number of nitriles is 1. The molecular weight excluding hydrogens is 344 g/mol. The van der Waals surface area contributed by atoms with Gasteiger partial charge >= 0.3 is 0 Å². The zero-order valence-corrected chi connectivity index (χ0v) is 16.1. The van der Waals surface area contributed by atoms with Gasteiger partial charge in [0.1, 0.15) is 0 Å². The lowest BCUT2D eigenvalue weighted by Gasteiger charge is -2.17. The van der Waals surface area contributed by atoms with Crippen LogP contribution in [0.1, 0.15) is 22.3 Å². The predicted molar refractivity (Wildman–Crippen MR) is 111 cm³/mol. The highest BCUT2D eigenvalue weighted by Gasteiger charge is 2.21. The van der Waals surface area contributed by atoms with Gasteiger partial charge < -0.3 is 0 Å². The molecule has 1 heterocycles. The molecule has 0 radical (unpaired) electrons. The molecule has 1 aromatic heterocycles. The van der Waals surface area contributed by atoms with Gasteiger partial charge in [-0.2, -0.15) is 5.26 Å². The fourth-order valence-corrected chi connectivity index (χ4v) is 3.64. The SMILES string of the molecule is Cc1ccccc1-c1nnc(-c2ccccc2)n1-c1c(C)cc(C#N)cc1C. The highest BCUT2D eigenvalue weighted by Crippen LogP contribution is 2.33. The summed E-state index contributed by atoms with van der Waals surface area (Å²) in [6, 6.07) is 24.3. The summed E-state index contributed by atoms with van der Waals surface area (Å²) in [5.41, 5.74) is 6.89. The zero-order chi connectivity index (χ0) is 19.7. The summed E-state index contributed by atoms with van der Waals surface area (Å²) in [6.07, 6.45) is 0. The van der Waals surface area contributed by atoms with Crippen molar-refractivity contribution in [1.82, 2.24) is 14.8 Å². The molecule has 0 aliphatic carbocycles. The van der Waals surface area contributed by atoms with Gasteiger partial charge in [-0.1, -0.05) is 54.6 Å². The fourth-order valence-electron chi connectivity index (χ4n) is 3.64. The van der Waals surface area contributed by atoms with Crippen LogP contribution in [0.4, 0.5) is 0 Å². The normalized spacial score (nSPS) is 10.6. The summed E-state index contributed by atoms with van der Waals surface area (Å²) in [6.45, 7) is 6.13. The Hall–Kier alpha value is -3.71. The van der Waals surface area contributed by atoms with Crippen molar-refractivity contribution >= 4 is 0 Å². The minimum atomic E-state index is 0.658. The Kier molecular flexibility index (Phi) is 4.50. The number of benzene rings is 3. The first-order chi connectivity index (χ1) is 13.6. The van der Waals surface area contributed by atoms with E-state index >= 15 is 0 Å². The molecule has 0 unspecified atom stereocenters. The Morgan fingerprint density at radius 3 is 2.00 bits per heavy atom. The van der Waals surface area contributed by atoms with Crippen molar-refractivity contribution in [2.75, 3.05) is 0 Å².